The zero-order valence-electron chi connectivity index (χ0n) is 17.6. The number of fused-ring (bicyclic) bond motifs is 3. The lowest BCUT2D eigenvalue weighted by molar-refractivity contribution is -0.144. The number of nitrogens with two attached hydrogens (primary N) is 1. The third kappa shape index (κ3) is 4.94. The van der Waals surface area contributed by atoms with Crippen LogP contribution in [0.5, 0.6) is 0 Å². The number of aromatic nitrogens is 1. The molecule has 0 amide bonds. The Balaban J connectivity index is 0.000000292. The molecule has 178 valence electrons. The fraction of sp³-hybridized carbons (Fsp3) is 0.400. The first-order valence-electron chi connectivity index (χ1n) is 10.0. The van der Waals surface area contributed by atoms with E-state index in [0.29, 0.717) is 29.3 Å². The average Bonchev–Trinajstić information content (AvgIpc) is 2.74. The molecule has 1 aromatic carbocycles. The maximum absolute atomic E-state index is 14.6. The monoisotopic (exact) mass is 482 g/mol. The van der Waals surface area contributed by atoms with Crippen LogP contribution in [0.2, 0.25) is 0 Å². The number of carboxylic acid groups (broad SMARTS) is 3. The number of pyridine rings is 1. The van der Waals surface area contributed by atoms with Crippen LogP contribution in [0.15, 0.2) is 22.0 Å². The number of hydrogen-bond acceptors (Lipinski definition) is 8. The normalized spacial score (nSPS) is 17.9. The van der Waals surface area contributed by atoms with Crippen LogP contribution in [0, 0.1) is 5.82 Å². The van der Waals surface area contributed by atoms with Gasteiger partial charge in [-0.05, 0) is 19.1 Å². The van der Waals surface area contributed by atoms with Gasteiger partial charge in [-0.2, -0.15) is 0 Å². The molecule has 0 bridgehead atoms. The quantitative estimate of drug-likeness (QED) is 0.406. The number of halogens is 1. The van der Waals surface area contributed by atoms with Crippen LogP contribution in [-0.2, 0) is 9.59 Å². The van der Waals surface area contributed by atoms with Crippen LogP contribution >= 0.6 is 11.8 Å². The van der Waals surface area contributed by atoms with E-state index in [9.17, 15) is 28.7 Å². The van der Waals surface area contributed by atoms with Gasteiger partial charge in [0.2, 0.25) is 5.43 Å². The highest BCUT2D eigenvalue weighted by Gasteiger charge is 2.33. The van der Waals surface area contributed by atoms with Gasteiger partial charge in [0.25, 0.3) is 0 Å². The molecule has 2 aliphatic rings. The van der Waals surface area contributed by atoms with E-state index in [4.69, 9.17) is 15.9 Å². The number of piperazine rings is 1. The highest BCUT2D eigenvalue weighted by Crippen LogP contribution is 2.46. The number of nitrogens with zero attached hydrogens (tertiary/aromatic N) is 2. The Morgan fingerprint density at radius 1 is 1.24 bits per heavy atom. The SMILES string of the molecule is CC1Sc2c(C(=O)O)c(=O)c3cc(F)c(N4CCNCC4)cc3n21.N[C@@H](CC(=O)O)C(=O)O. The molecule has 6 N–H and O–H groups in total. The number of nitrogens with one attached hydrogen (secondary N) is 1. The number of aromatic carboxylic acids is 1. The molecule has 33 heavy (non-hydrogen) atoms. The van der Waals surface area contributed by atoms with Gasteiger partial charge >= 0.3 is 17.9 Å². The minimum Gasteiger partial charge on any atom is -0.481 e. The second-order valence-electron chi connectivity index (χ2n) is 7.50. The minimum atomic E-state index is -1.29. The molecular formula is C20H23FN4O7S. The van der Waals surface area contributed by atoms with Gasteiger partial charge in [-0.25, -0.2) is 9.18 Å². The number of carboxylic acids is 3. The molecule has 2 aromatic rings. The largest absolute Gasteiger partial charge is 0.481 e. The van der Waals surface area contributed by atoms with Crippen LogP contribution in [0.3, 0.4) is 0 Å². The topological polar surface area (TPSA) is 175 Å². The third-order valence-corrected chi connectivity index (χ3v) is 6.43. The van der Waals surface area contributed by atoms with E-state index in [0.717, 1.165) is 13.1 Å². The molecule has 4 rings (SSSR count). The zero-order valence-corrected chi connectivity index (χ0v) is 18.4. The molecule has 13 heteroatoms. The molecule has 2 aliphatic heterocycles. The van der Waals surface area contributed by atoms with Crippen molar-refractivity contribution in [2.24, 2.45) is 5.73 Å². The van der Waals surface area contributed by atoms with Crippen molar-refractivity contribution in [2.45, 2.75) is 29.8 Å². The van der Waals surface area contributed by atoms with Gasteiger partial charge in [-0.15, -0.1) is 0 Å². The summed E-state index contributed by atoms with van der Waals surface area (Å²) in [6, 6.07) is 1.58. The second kappa shape index (κ2) is 9.77. The summed E-state index contributed by atoms with van der Waals surface area (Å²) in [5.74, 6) is -4.25. The molecule has 0 radical (unpaired) electrons. The molecule has 1 fully saturated rings. The summed E-state index contributed by atoms with van der Waals surface area (Å²) in [6.07, 6.45) is -0.532. The summed E-state index contributed by atoms with van der Waals surface area (Å²) < 4.78 is 16.4. The first-order valence-corrected chi connectivity index (χ1v) is 10.9. The number of hydrogen-bond donors (Lipinski definition) is 5. The Morgan fingerprint density at radius 3 is 2.36 bits per heavy atom. The fourth-order valence-electron chi connectivity index (χ4n) is 3.65. The van der Waals surface area contributed by atoms with Crippen molar-refractivity contribution in [1.82, 2.24) is 9.88 Å². The van der Waals surface area contributed by atoms with Gasteiger partial charge < -0.3 is 35.8 Å². The third-order valence-electron chi connectivity index (χ3n) is 5.26. The molecule has 1 aromatic heterocycles. The van der Waals surface area contributed by atoms with Crippen molar-refractivity contribution in [3.05, 3.63) is 33.7 Å². The lowest BCUT2D eigenvalue weighted by Gasteiger charge is -2.34. The number of benzene rings is 1. The minimum absolute atomic E-state index is 0.0162. The standard InChI is InChI=1S/C16H16FN3O3S.C4H7NO4/c1-8-20-11-7-12(19-4-2-18-3-5-19)10(17)6-9(11)14(21)13(16(22)23)15(20)24-8;5-2(4(8)9)1-3(6)7/h6-8,18H,2-5H2,1H3,(H,22,23);2H,1,5H2,(H,6,7)(H,8,9)/t;2-/m.0/s1. The van der Waals surface area contributed by atoms with E-state index in [-0.39, 0.29) is 16.3 Å². The molecule has 3 heterocycles. The van der Waals surface area contributed by atoms with Gasteiger partial charge in [0.15, 0.2) is 0 Å². The molecule has 0 aliphatic carbocycles. The summed E-state index contributed by atoms with van der Waals surface area (Å²) in [4.78, 5) is 45.5. The highest BCUT2D eigenvalue weighted by atomic mass is 32.2. The average molecular weight is 482 g/mol. The van der Waals surface area contributed by atoms with Crippen LogP contribution in [0.4, 0.5) is 10.1 Å². The van der Waals surface area contributed by atoms with E-state index in [1.165, 1.54) is 17.8 Å². The van der Waals surface area contributed by atoms with Crippen molar-refractivity contribution in [3.63, 3.8) is 0 Å². The summed E-state index contributed by atoms with van der Waals surface area (Å²) in [7, 11) is 0. The molecule has 0 saturated carbocycles. The van der Waals surface area contributed by atoms with Crippen molar-refractivity contribution in [1.29, 1.82) is 0 Å². The smallest absolute Gasteiger partial charge is 0.342 e. The van der Waals surface area contributed by atoms with Gasteiger partial charge in [-0.1, -0.05) is 11.8 Å². The molecule has 1 saturated heterocycles. The Bertz CT molecular complexity index is 1180. The van der Waals surface area contributed by atoms with E-state index in [1.807, 2.05) is 16.4 Å². The summed E-state index contributed by atoms with van der Waals surface area (Å²) >= 11 is 1.35. The first kappa shape index (κ1) is 24.5. The molecule has 11 nitrogen and oxygen atoms in total. The Labute approximate surface area is 191 Å². The molecule has 2 atom stereocenters. The van der Waals surface area contributed by atoms with E-state index >= 15 is 0 Å². The number of aliphatic carboxylic acids is 2. The van der Waals surface area contributed by atoms with Crippen LogP contribution < -0.4 is 21.4 Å². The predicted octanol–water partition coefficient (Wildman–Crippen LogP) is 0.746. The van der Waals surface area contributed by atoms with E-state index < -0.39 is 41.6 Å². The summed E-state index contributed by atoms with van der Waals surface area (Å²) in [5, 5.41) is 29.2. The van der Waals surface area contributed by atoms with Crippen LogP contribution in [0.25, 0.3) is 10.9 Å². The van der Waals surface area contributed by atoms with Crippen molar-refractivity contribution < 1.29 is 34.1 Å². The summed E-state index contributed by atoms with van der Waals surface area (Å²) in [6.45, 7) is 4.87. The molecular weight excluding hydrogens is 459 g/mol. The number of anilines is 1. The highest BCUT2D eigenvalue weighted by molar-refractivity contribution is 8.00. The Hall–Kier alpha value is -3.16. The number of thioether (sulfide) groups is 1. The van der Waals surface area contributed by atoms with E-state index in [1.54, 1.807) is 6.07 Å². The Kier molecular flexibility index (Phi) is 7.25. The fourth-order valence-corrected chi connectivity index (χ4v) is 4.80. The van der Waals surface area contributed by atoms with Gasteiger partial charge in [0.05, 0.1) is 28.0 Å². The van der Waals surface area contributed by atoms with Gasteiger partial charge in [0.1, 0.15) is 17.4 Å². The maximum atomic E-state index is 14.6. The van der Waals surface area contributed by atoms with Crippen molar-refractivity contribution >= 4 is 46.3 Å². The Morgan fingerprint density at radius 2 is 1.88 bits per heavy atom. The molecule has 0 spiro atoms. The first-order chi connectivity index (χ1) is 15.5. The van der Waals surface area contributed by atoms with E-state index in [2.05, 4.69) is 5.32 Å². The van der Waals surface area contributed by atoms with Crippen molar-refractivity contribution in [2.75, 3.05) is 31.1 Å². The summed E-state index contributed by atoms with van der Waals surface area (Å²) in [5.41, 5.74) is 5.02. The lowest BCUT2D eigenvalue weighted by Crippen LogP contribution is -2.44. The van der Waals surface area contributed by atoms with Gasteiger partial charge in [0, 0.05) is 31.6 Å². The van der Waals surface area contributed by atoms with Crippen LogP contribution in [-0.4, -0.2) is 70.0 Å². The maximum Gasteiger partial charge on any atom is 0.342 e. The number of rotatable bonds is 5. The zero-order chi connectivity index (χ0) is 24.4. The van der Waals surface area contributed by atoms with Crippen LogP contribution in [0.1, 0.15) is 29.1 Å². The number of carbonyl (C=O) groups is 3. The van der Waals surface area contributed by atoms with Crippen molar-refractivity contribution in [3.8, 4) is 0 Å². The second-order valence-corrected chi connectivity index (χ2v) is 8.81. The predicted molar refractivity (Wildman–Crippen MR) is 119 cm³/mol. The van der Waals surface area contributed by atoms with Gasteiger partial charge in [-0.3, -0.25) is 14.4 Å². The molecule has 1 unspecified atom stereocenters. The lowest BCUT2D eigenvalue weighted by atomic mass is 10.1.